The van der Waals surface area contributed by atoms with E-state index in [0.29, 0.717) is 11.4 Å². The highest BCUT2D eigenvalue weighted by molar-refractivity contribution is 5.97. The summed E-state index contributed by atoms with van der Waals surface area (Å²) in [6.07, 6.45) is 0.829. The summed E-state index contributed by atoms with van der Waals surface area (Å²) in [4.78, 5) is 50.2. The van der Waals surface area contributed by atoms with Crippen LogP contribution in [0.4, 0.5) is 8.78 Å². The molecule has 0 saturated carbocycles. The summed E-state index contributed by atoms with van der Waals surface area (Å²) in [5.41, 5.74) is -0.162. The third-order valence-corrected chi connectivity index (χ3v) is 6.09. The van der Waals surface area contributed by atoms with Gasteiger partial charge in [0.1, 0.15) is 11.6 Å². The number of aryl methyl sites for hydroxylation is 3. The average Bonchev–Trinajstić information content (AvgIpc) is 3.18. The lowest BCUT2D eigenvalue weighted by Crippen LogP contribution is -2.49. The number of carboxylic acid groups (broad SMARTS) is 1. The number of aromatic nitrogens is 4. The topological polar surface area (TPSA) is 148 Å². The van der Waals surface area contributed by atoms with Crippen molar-refractivity contribution in [3.8, 4) is 11.3 Å². The van der Waals surface area contributed by atoms with Crippen LogP contribution < -0.4 is 16.2 Å². The Bertz CT molecular complexity index is 1450. The molecule has 39 heavy (non-hydrogen) atoms. The number of rotatable bonds is 10. The maximum absolute atomic E-state index is 15.0. The van der Waals surface area contributed by atoms with E-state index in [0.717, 1.165) is 6.07 Å². The van der Waals surface area contributed by atoms with E-state index in [1.54, 1.807) is 27.8 Å². The highest BCUT2D eigenvalue weighted by Gasteiger charge is 2.30. The van der Waals surface area contributed by atoms with Crippen molar-refractivity contribution in [1.82, 2.24) is 30.2 Å². The molecule has 2 heterocycles. The molecule has 0 aliphatic carbocycles. The number of halogens is 2. The van der Waals surface area contributed by atoms with Crippen LogP contribution in [0.25, 0.3) is 11.3 Å². The van der Waals surface area contributed by atoms with Crippen LogP contribution in [0.3, 0.4) is 0 Å². The molecule has 0 saturated heterocycles. The predicted molar refractivity (Wildman–Crippen MR) is 137 cm³/mol. The van der Waals surface area contributed by atoms with E-state index >= 15 is 4.39 Å². The molecule has 2 atom stereocenters. The minimum Gasteiger partial charge on any atom is -0.481 e. The molecule has 2 amide bonds. The van der Waals surface area contributed by atoms with Crippen molar-refractivity contribution in [2.24, 2.45) is 20.0 Å². The summed E-state index contributed by atoms with van der Waals surface area (Å²) in [7, 11) is 3.03. The zero-order chi connectivity index (χ0) is 29.0. The number of pyridine rings is 1. The van der Waals surface area contributed by atoms with Gasteiger partial charge in [0.15, 0.2) is 11.6 Å². The smallest absolute Gasteiger partial charge is 0.305 e. The minimum atomic E-state index is -1.48. The highest BCUT2D eigenvalue weighted by atomic mass is 19.2. The van der Waals surface area contributed by atoms with Gasteiger partial charge in [-0.15, -0.1) is 5.10 Å². The van der Waals surface area contributed by atoms with Gasteiger partial charge in [0.05, 0.1) is 23.9 Å². The molecule has 3 aromatic rings. The van der Waals surface area contributed by atoms with Crippen LogP contribution in [0.15, 0.2) is 35.3 Å². The summed E-state index contributed by atoms with van der Waals surface area (Å²) >= 11 is 0. The van der Waals surface area contributed by atoms with Crippen molar-refractivity contribution in [3.05, 3.63) is 69.3 Å². The SMILES string of the molecule is Cc1nnn(C)c1-c1cc(F)c(F)c([C@H](CC(=O)O)NC(=O)[C@H](CC(C)C)NC(=O)c2cccn(C)c2=O)c1. The lowest BCUT2D eigenvalue weighted by atomic mass is 9.97. The Labute approximate surface area is 222 Å². The van der Waals surface area contributed by atoms with Gasteiger partial charge in [-0.1, -0.05) is 19.1 Å². The van der Waals surface area contributed by atoms with Crippen molar-refractivity contribution in [2.45, 2.75) is 45.7 Å². The van der Waals surface area contributed by atoms with E-state index in [1.165, 1.54) is 40.7 Å². The fourth-order valence-corrected chi connectivity index (χ4v) is 4.25. The lowest BCUT2D eigenvalue weighted by molar-refractivity contribution is -0.137. The number of hydrogen-bond donors (Lipinski definition) is 3. The van der Waals surface area contributed by atoms with E-state index in [1.807, 2.05) is 0 Å². The molecule has 0 unspecified atom stereocenters. The quantitative estimate of drug-likeness (QED) is 0.355. The van der Waals surface area contributed by atoms with Crippen molar-refractivity contribution in [3.63, 3.8) is 0 Å². The standard InChI is InChI=1S/C26H30F2N6O5/c1-13(2)9-20(30-24(37)16-7-6-8-33(4)26(16)39)25(38)29-19(12-21(35)36)17-10-15(11-18(27)22(17)28)23-14(3)31-32-34(23)5/h6-8,10-11,13,19-20H,9,12H2,1-5H3,(H,29,38)(H,30,37)(H,35,36)/t19-,20-/m0/s1. The molecule has 0 aliphatic rings. The van der Waals surface area contributed by atoms with Crippen molar-refractivity contribution in [1.29, 1.82) is 0 Å². The maximum Gasteiger partial charge on any atom is 0.305 e. The number of nitrogens with zero attached hydrogens (tertiary/aromatic N) is 4. The molecule has 3 rings (SSSR count). The average molecular weight is 545 g/mol. The number of aliphatic carboxylic acids is 1. The van der Waals surface area contributed by atoms with E-state index in [4.69, 9.17) is 0 Å². The van der Waals surface area contributed by atoms with Gasteiger partial charge in [-0.2, -0.15) is 0 Å². The number of benzene rings is 1. The van der Waals surface area contributed by atoms with Crippen LogP contribution in [0, 0.1) is 24.5 Å². The molecule has 0 spiro atoms. The number of carboxylic acids is 1. The summed E-state index contributed by atoms with van der Waals surface area (Å²) < 4.78 is 32.3. The summed E-state index contributed by atoms with van der Waals surface area (Å²) in [5, 5.41) is 22.2. The highest BCUT2D eigenvalue weighted by Crippen LogP contribution is 2.30. The Kier molecular flexibility index (Phi) is 8.94. The minimum absolute atomic E-state index is 0.101. The number of nitrogens with one attached hydrogen (secondary N) is 2. The lowest BCUT2D eigenvalue weighted by Gasteiger charge is -2.25. The maximum atomic E-state index is 15.0. The van der Waals surface area contributed by atoms with E-state index < -0.39 is 59.0 Å². The van der Waals surface area contributed by atoms with Crippen LogP contribution >= 0.6 is 0 Å². The monoisotopic (exact) mass is 544 g/mol. The largest absolute Gasteiger partial charge is 0.481 e. The molecule has 2 aromatic heterocycles. The van der Waals surface area contributed by atoms with Gasteiger partial charge in [-0.3, -0.25) is 19.2 Å². The molecule has 0 radical (unpaired) electrons. The fourth-order valence-electron chi connectivity index (χ4n) is 4.25. The second-order valence-electron chi connectivity index (χ2n) is 9.66. The van der Waals surface area contributed by atoms with Crippen molar-refractivity contribution >= 4 is 17.8 Å². The van der Waals surface area contributed by atoms with Crippen LogP contribution in [-0.2, 0) is 23.7 Å². The van der Waals surface area contributed by atoms with Gasteiger partial charge in [-0.05, 0) is 43.5 Å². The summed E-state index contributed by atoms with van der Waals surface area (Å²) in [5.74, 6) is -5.67. The second-order valence-corrected chi connectivity index (χ2v) is 9.66. The second kappa shape index (κ2) is 12.0. The molecular weight excluding hydrogens is 514 g/mol. The zero-order valence-electron chi connectivity index (χ0n) is 22.2. The normalized spacial score (nSPS) is 12.7. The number of carbonyl (C=O) groups excluding carboxylic acids is 2. The van der Waals surface area contributed by atoms with Gasteiger partial charge < -0.3 is 20.3 Å². The third-order valence-electron chi connectivity index (χ3n) is 6.09. The molecule has 3 N–H and O–H groups in total. The Hall–Kier alpha value is -4.42. The molecule has 0 fully saturated rings. The van der Waals surface area contributed by atoms with Crippen molar-refractivity contribution < 1.29 is 28.3 Å². The van der Waals surface area contributed by atoms with Crippen LogP contribution in [0.1, 0.15) is 54.3 Å². The summed E-state index contributed by atoms with van der Waals surface area (Å²) in [6, 6.07) is 2.31. The fraction of sp³-hybridized carbons (Fsp3) is 0.385. The van der Waals surface area contributed by atoms with E-state index in [9.17, 15) is 28.7 Å². The molecule has 0 bridgehead atoms. The number of carbonyl (C=O) groups is 3. The first-order chi connectivity index (χ1) is 18.3. The van der Waals surface area contributed by atoms with Crippen LogP contribution in [-0.4, -0.2) is 48.5 Å². The van der Waals surface area contributed by atoms with Gasteiger partial charge in [0.25, 0.3) is 11.5 Å². The van der Waals surface area contributed by atoms with Gasteiger partial charge in [0.2, 0.25) is 5.91 Å². The van der Waals surface area contributed by atoms with E-state index in [-0.39, 0.29) is 23.5 Å². The Morgan fingerprint density at radius 3 is 2.41 bits per heavy atom. The van der Waals surface area contributed by atoms with Crippen molar-refractivity contribution in [2.75, 3.05) is 0 Å². The zero-order valence-corrected chi connectivity index (χ0v) is 22.2. The molecule has 208 valence electrons. The van der Waals surface area contributed by atoms with E-state index in [2.05, 4.69) is 20.9 Å². The van der Waals surface area contributed by atoms with Gasteiger partial charge >= 0.3 is 5.97 Å². The molecule has 13 heteroatoms. The molecular formula is C26H30F2N6O5. The Morgan fingerprint density at radius 2 is 1.82 bits per heavy atom. The Balaban J connectivity index is 1.98. The van der Waals surface area contributed by atoms with Crippen LogP contribution in [0.2, 0.25) is 0 Å². The number of hydrogen-bond acceptors (Lipinski definition) is 6. The molecule has 0 aliphatic heterocycles. The van der Waals surface area contributed by atoms with Gasteiger partial charge in [0, 0.05) is 31.4 Å². The molecule has 1 aromatic carbocycles. The molecule has 11 nitrogen and oxygen atoms in total. The first-order valence-corrected chi connectivity index (χ1v) is 12.1. The summed E-state index contributed by atoms with van der Waals surface area (Å²) in [6.45, 7) is 5.22. The Morgan fingerprint density at radius 1 is 1.13 bits per heavy atom. The number of amides is 2. The predicted octanol–water partition coefficient (Wildman–Crippen LogP) is 2.24. The first kappa shape index (κ1) is 29.1. The third kappa shape index (κ3) is 6.72. The van der Waals surface area contributed by atoms with Gasteiger partial charge in [-0.25, -0.2) is 13.5 Å². The first-order valence-electron chi connectivity index (χ1n) is 12.1. The van der Waals surface area contributed by atoms with Crippen LogP contribution in [0.5, 0.6) is 0 Å².